The Hall–Kier alpha value is -1.79. The van der Waals surface area contributed by atoms with Crippen molar-refractivity contribution in [3.05, 3.63) is 29.8 Å². The Bertz CT molecular complexity index is 465. The van der Waals surface area contributed by atoms with E-state index in [0.29, 0.717) is 4.90 Å². The Kier molecular flexibility index (Phi) is 4.39. The number of phenolic OH excluding ortho intramolecular Hbond substituents is 1. The highest BCUT2D eigenvalue weighted by molar-refractivity contribution is 5.84. The maximum Gasteiger partial charge on any atom is 0.383 e. The number of carbonyl (C=O) groups excluding carboxylic acids is 1. The molecule has 0 heterocycles. The van der Waals surface area contributed by atoms with Crippen LogP contribution in [0.15, 0.2) is 24.3 Å². The van der Waals surface area contributed by atoms with E-state index < -0.39 is 24.3 Å². The summed E-state index contributed by atoms with van der Waals surface area (Å²) in [6, 6.07) is 4.83. The lowest BCUT2D eigenvalue weighted by atomic mass is 10.1. The van der Waals surface area contributed by atoms with Gasteiger partial charge in [0.1, 0.15) is 5.75 Å². The number of benzene rings is 1. The Morgan fingerprint density at radius 3 is 2.32 bits per heavy atom. The molecule has 0 saturated heterocycles. The van der Waals surface area contributed by atoms with Crippen LogP contribution < -0.4 is 0 Å². The van der Waals surface area contributed by atoms with Gasteiger partial charge in [-0.2, -0.15) is 8.78 Å². The summed E-state index contributed by atoms with van der Waals surface area (Å²) in [6.07, 6.45) is -4.07. The number of hydrogen-bond acceptors (Lipinski definition) is 2. The smallest absolute Gasteiger partial charge is 0.383 e. The largest absolute Gasteiger partial charge is 0.508 e. The predicted octanol–water partition coefficient (Wildman–Crippen LogP) is 2.81. The van der Waals surface area contributed by atoms with Crippen LogP contribution in [0.2, 0.25) is 0 Å². The van der Waals surface area contributed by atoms with Crippen LogP contribution >= 0.6 is 0 Å². The summed E-state index contributed by atoms with van der Waals surface area (Å²) in [4.78, 5) is 11.8. The normalized spacial score (nSPS) is 13.4. The van der Waals surface area contributed by atoms with Crippen molar-refractivity contribution in [2.24, 2.45) is 0 Å². The summed E-state index contributed by atoms with van der Waals surface area (Å²) in [5, 5.41) is 9.55. The first-order chi connectivity index (χ1) is 8.69. The molecule has 106 valence electrons. The second-order valence-corrected chi connectivity index (χ2v) is 4.07. The number of hydrogen-bond donors (Lipinski definition) is 1. The zero-order valence-corrected chi connectivity index (χ0v) is 10.3. The van der Waals surface area contributed by atoms with Crippen molar-refractivity contribution < 1.29 is 27.5 Å². The molecule has 1 amide bonds. The maximum atomic E-state index is 13.0. The summed E-state index contributed by atoms with van der Waals surface area (Å²) in [5.41, 5.74) is 0.198. The van der Waals surface area contributed by atoms with Crippen molar-refractivity contribution in [1.29, 1.82) is 0 Å². The van der Waals surface area contributed by atoms with Crippen LogP contribution in [0.5, 0.6) is 5.75 Å². The molecule has 1 aromatic rings. The van der Waals surface area contributed by atoms with E-state index in [1.165, 1.54) is 31.2 Å². The molecular weight excluding hydrogens is 266 g/mol. The molecule has 1 N–H and O–H groups in total. The standard InChI is InChI=1S/C12H13F4NO2/c1-7(8-5-3-4-6-9(8)18)17(2)11(19)12(15,16)10(13)14/h3-7,10,18H,1-2H3. The Morgan fingerprint density at radius 2 is 1.84 bits per heavy atom. The highest BCUT2D eigenvalue weighted by atomic mass is 19.3. The van der Waals surface area contributed by atoms with Gasteiger partial charge in [-0.15, -0.1) is 0 Å². The Balaban J connectivity index is 2.98. The number of nitrogens with zero attached hydrogens (tertiary/aromatic N) is 1. The topological polar surface area (TPSA) is 40.5 Å². The van der Waals surface area contributed by atoms with Gasteiger partial charge in [0.05, 0.1) is 6.04 Å². The van der Waals surface area contributed by atoms with E-state index in [4.69, 9.17) is 0 Å². The first kappa shape index (κ1) is 15.3. The lowest BCUT2D eigenvalue weighted by Gasteiger charge is -2.28. The monoisotopic (exact) mass is 279 g/mol. The lowest BCUT2D eigenvalue weighted by Crippen LogP contribution is -2.46. The molecule has 0 bridgehead atoms. The fourth-order valence-electron chi connectivity index (χ4n) is 1.55. The van der Waals surface area contributed by atoms with E-state index in [9.17, 15) is 27.5 Å². The molecular formula is C12H13F4NO2. The van der Waals surface area contributed by atoms with Crippen LogP contribution in [0.4, 0.5) is 17.6 Å². The lowest BCUT2D eigenvalue weighted by molar-refractivity contribution is -0.181. The van der Waals surface area contributed by atoms with Gasteiger partial charge in [0.25, 0.3) is 5.91 Å². The number of phenols is 1. The van der Waals surface area contributed by atoms with E-state index in [-0.39, 0.29) is 11.3 Å². The second-order valence-electron chi connectivity index (χ2n) is 4.07. The average Bonchev–Trinajstić information content (AvgIpc) is 2.36. The van der Waals surface area contributed by atoms with E-state index in [0.717, 1.165) is 7.05 Å². The quantitative estimate of drug-likeness (QED) is 0.861. The molecule has 1 rings (SSSR count). The van der Waals surface area contributed by atoms with Gasteiger partial charge in [-0.05, 0) is 13.0 Å². The molecule has 0 aromatic heterocycles. The van der Waals surface area contributed by atoms with Crippen LogP contribution in [-0.4, -0.2) is 35.3 Å². The predicted molar refractivity (Wildman–Crippen MR) is 60.2 cm³/mol. The zero-order valence-electron chi connectivity index (χ0n) is 10.3. The minimum Gasteiger partial charge on any atom is -0.508 e. The van der Waals surface area contributed by atoms with Gasteiger partial charge in [0.2, 0.25) is 0 Å². The van der Waals surface area contributed by atoms with Crippen molar-refractivity contribution in [2.45, 2.75) is 25.3 Å². The van der Waals surface area contributed by atoms with Gasteiger partial charge in [-0.3, -0.25) is 4.79 Å². The van der Waals surface area contributed by atoms with Crippen LogP contribution in [0, 0.1) is 0 Å². The Morgan fingerprint density at radius 1 is 1.32 bits per heavy atom. The van der Waals surface area contributed by atoms with Crippen LogP contribution in [-0.2, 0) is 4.79 Å². The van der Waals surface area contributed by atoms with Gasteiger partial charge >= 0.3 is 12.3 Å². The van der Waals surface area contributed by atoms with Gasteiger partial charge in [0, 0.05) is 12.6 Å². The maximum absolute atomic E-state index is 13.0. The average molecular weight is 279 g/mol. The zero-order chi connectivity index (χ0) is 14.8. The third kappa shape index (κ3) is 2.97. The van der Waals surface area contributed by atoms with E-state index in [2.05, 4.69) is 0 Å². The van der Waals surface area contributed by atoms with E-state index >= 15 is 0 Å². The molecule has 7 heteroatoms. The first-order valence-corrected chi connectivity index (χ1v) is 5.40. The molecule has 3 nitrogen and oxygen atoms in total. The number of halogens is 4. The molecule has 0 aliphatic heterocycles. The molecule has 0 spiro atoms. The van der Waals surface area contributed by atoms with Crippen molar-refractivity contribution >= 4 is 5.91 Å². The summed E-state index contributed by atoms with van der Waals surface area (Å²) in [5.74, 6) is -6.93. The molecule has 1 atom stereocenters. The molecule has 1 aromatic carbocycles. The van der Waals surface area contributed by atoms with E-state index in [1.807, 2.05) is 0 Å². The van der Waals surface area contributed by atoms with Crippen LogP contribution in [0.25, 0.3) is 0 Å². The third-order valence-electron chi connectivity index (χ3n) is 2.85. The highest BCUT2D eigenvalue weighted by Gasteiger charge is 2.51. The minimum atomic E-state index is -4.74. The minimum absolute atomic E-state index is 0.198. The molecule has 0 aliphatic rings. The van der Waals surface area contributed by atoms with Crippen molar-refractivity contribution in [1.82, 2.24) is 4.90 Å². The second kappa shape index (κ2) is 5.46. The number of alkyl halides is 4. The summed E-state index contributed by atoms with van der Waals surface area (Å²) < 4.78 is 50.2. The number of rotatable bonds is 4. The number of para-hydroxylation sites is 1. The van der Waals surface area contributed by atoms with Crippen molar-refractivity contribution in [2.75, 3.05) is 7.05 Å². The fraction of sp³-hybridized carbons (Fsp3) is 0.417. The fourth-order valence-corrected chi connectivity index (χ4v) is 1.55. The van der Waals surface area contributed by atoms with Crippen molar-refractivity contribution in [3.63, 3.8) is 0 Å². The molecule has 0 radical (unpaired) electrons. The van der Waals surface area contributed by atoms with E-state index in [1.54, 1.807) is 0 Å². The van der Waals surface area contributed by atoms with Gasteiger partial charge in [-0.25, -0.2) is 8.78 Å². The van der Waals surface area contributed by atoms with Crippen molar-refractivity contribution in [3.8, 4) is 5.75 Å². The summed E-state index contributed by atoms with van der Waals surface area (Å²) >= 11 is 0. The molecule has 19 heavy (non-hydrogen) atoms. The number of aromatic hydroxyl groups is 1. The first-order valence-electron chi connectivity index (χ1n) is 5.40. The van der Waals surface area contributed by atoms with Crippen LogP contribution in [0.1, 0.15) is 18.5 Å². The van der Waals surface area contributed by atoms with Crippen LogP contribution in [0.3, 0.4) is 0 Å². The van der Waals surface area contributed by atoms with Gasteiger partial charge in [-0.1, -0.05) is 18.2 Å². The molecule has 0 aliphatic carbocycles. The highest BCUT2D eigenvalue weighted by Crippen LogP contribution is 2.31. The number of carbonyl (C=O) groups is 1. The molecule has 0 fully saturated rings. The number of amides is 1. The van der Waals surface area contributed by atoms with Gasteiger partial charge in [0.15, 0.2) is 0 Å². The Labute approximate surface area is 107 Å². The summed E-state index contributed by atoms with van der Waals surface area (Å²) in [6.45, 7) is 1.36. The van der Waals surface area contributed by atoms with Gasteiger partial charge < -0.3 is 10.0 Å². The third-order valence-corrected chi connectivity index (χ3v) is 2.85. The summed E-state index contributed by atoms with van der Waals surface area (Å²) in [7, 11) is 0.982. The SMILES string of the molecule is CC(c1ccccc1O)N(C)C(=O)C(F)(F)C(F)F. The molecule has 1 unspecified atom stereocenters. The molecule has 0 saturated carbocycles.